The van der Waals surface area contributed by atoms with Gasteiger partial charge in [-0.05, 0) is 26.0 Å². The Kier molecular flexibility index (Phi) is 6.49. The van der Waals surface area contributed by atoms with Crippen LogP contribution in [0.1, 0.15) is 24.2 Å². The summed E-state index contributed by atoms with van der Waals surface area (Å²) in [6.07, 6.45) is 0. The van der Waals surface area contributed by atoms with Gasteiger partial charge in [-0.2, -0.15) is 0 Å². The molecule has 1 aromatic carbocycles. The van der Waals surface area contributed by atoms with Gasteiger partial charge >= 0.3 is 0 Å². The Morgan fingerprint density at radius 1 is 1.09 bits per heavy atom. The quantitative estimate of drug-likeness (QED) is 0.783. The van der Waals surface area contributed by atoms with Crippen LogP contribution in [-0.2, 0) is 4.79 Å². The molecule has 0 heterocycles. The van der Waals surface area contributed by atoms with Crippen LogP contribution >= 0.6 is 0 Å². The van der Waals surface area contributed by atoms with Crippen molar-refractivity contribution in [2.45, 2.75) is 19.9 Å². The molecule has 0 spiro atoms. The van der Waals surface area contributed by atoms with E-state index in [1.165, 1.54) is 21.3 Å². The van der Waals surface area contributed by atoms with Crippen molar-refractivity contribution in [2.75, 3.05) is 27.9 Å². The van der Waals surface area contributed by atoms with E-state index in [0.29, 0.717) is 18.0 Å². The first-order chi connectivity index (χ1) is 10.5. The Labute approximate surface area is 129 Å². The summed E-state index contributed by atoms with van der Waals surface area (Å²) in [7, 11) is 4.38. The Balaban J connectivity index is 3.05. The van der Waals surface area contributed by atoms with Crippen LogP contribution in [0, 0.1) is 0 Å². The largest absolute Gasteiger partial charge is 0.493 e. The van der Waals surface area contributed by atoms with E-state index in [1.54, 1.807) is 19.1 Å². The van der Waals surface area contributed by atoms with Gasteiger partial charge in [0.15, 0.2) is 11.5 Å². The molecule has 0 aliphatic carbocycles. The fourth-order valence-corrected chi connectivity index (χ4v) is 1.95. The fourth-order valence-electron chi connectivity index (χ4n) is 1.95. The number of nitrogens with one attached hydrogen (secondary N) is 2. The first-order valence-corrected chi connectivity index (χ1v) is 6.87. The van der Waals surface area contributed by atoms with Crippen molar-refractivity contribution in [3.63, 3.8) is 0 Å². The molecule has 0 aliphatic rings. The van der Waals surface area contributed by atoms with Crippen LogP contribution in [0.4, 0.5) is 0 Å². The second kappa shape index (κ2) is 8.11. The number of amides is 2. The highest BCUT2D eigenvalue weighted by Gasteiger charge is 2.23. The third kappa shape index (κ3) is 3.81. The smallest absolute Gasteiger partial charge is 0.255 e. The van der Waals surface area contributed by atoms with E-state index in [1.807, 2.05) is 6.92 Å². The number of carbonyl (C=O) groups excluding carboxylic acids is 2. The van der Waals surface area contributed by atoms with Gasteiger partial charge in [0, 0.05) is 6.54 Å². The molecule has 22 heavy (non-hydrogen) atoms. The Bertz CT molecular complexity index is 545. The molecule has 0 unspecified atom stereocenters. The van der Waals surface area contributed by atoms with Crippen molar-refractivity contribution in [1.82, 2.24) is 10.6 Å². The zero-order valence-corrected chi connectivity index (χ0v) is 13.5. The summed E-state index contributed by atoms with van der Waals surface area (Å²) in [6.45, 7) is 3.92. The molecule has 1 aromatic rings. The Morgan fingerprint density at radius 2 is 1.73 bits per heavy atom. The molecule has 0 aromatic heterocycles. The summed E-state index contributed by atoms with van der Waals surface area (Å²) >= 11 is 0. The van der Waals surface area contributed by atoms with Crippen molar-refractivity contribution in [1.29, 1.82) is 0 Å². The number of benzene rings is 1. The van der Waals surface area contributed by atoms with Crippen molar-refractivity contribution < 1.29 is 23.8 Å². The average molecular weight is 310 g/mol. The second-order valence-corrected chi connectivity index (χ2v) is 4.47. The molecule has 0 fully saturated rings. The number of hydrogen-bond donors (Lipinski definition) is 2. The van der Waals surface area contributed by atoms with Gasteiger partial charge in [-0.1, -0.05) is 0 Å². The van der Waals surface area contributed by atoms with Crippen molar-refractivity contribution in [3.8, 4) is 17.2 Å². The Hall–Kier alpha value is -2.44. The third-order valence-electron chi connectivity index (χ3n) is 3.04. The first kappa shape index (κ1) is 17.6. The predicted molar refractivity (Wildman–Crippen MR) is 81.7 cm³/mol. The molecule has 0 bridgehead atoms. The van der Waals surface area contributed by atoms with E-state index >= 15 is 0 Å². The SMILES string of the molecule is CCNC(=O)[C@H](C)NC(=O)c1ccc(OC)c(OC)c1OC. The first-order valence-electron chi connectivity index (χ1n) is 6.87. The highest BCUT2D eigenvalue weighted by Crippen LogP contribution is 2.39. The van der Waals surface area contributed by atoms with Crippen LogP contribution in [0.5, 0.6) is 17.2 Å². The van der Waals surface area contributed by atoms with Gasteiger partial charge in [0.05, 0.1) is 26.9 Å². The molecule has 0 radical (unpaired) electrons. The number of methoxy groups -OCH3 is 3. The maximum atomic E-state index is 12.3. The van der Waals surface area contributed by atoms with Crippen LogP contribution in [0.15, 0.2) is 12.1 Å². The number of carbonyl (C=O) groups is 2. The Morgan fingerprint density at radius 3 is 2.23 bits per heavy atom. The summed E-state index contributed by atoms with van der Waals surface area (Å²) in [4.78, 5) is 24.0. The van der Waals surface area contributed by atoms with E-state index in [-0.39, 0.29) is 17.2 Å². The molecule has 0 saturated heterocycles. The van der Waals surface area contributed by atoms with Gasteiger partial charge in [-0.15, -0.1) is 0 Å². The summed E-state index contributed by atoms with van der Waals surface area (Å²) in [5, 5.41) is 5.26. The van der Waals surface area contributed by atoms with Crippen LogP contribution in [0.25, 0.3) is 0 Å². The number of hydrogen-bond acceptors (Lipinski definition) is 5. The summed E-state index contributed by atoms with van der Waals surface area (Å²) < 4.78 is 15.6. The molecule has 2 N–H and O–H groups in total. The molecule has 1 atom stereocenters. The summed E-state index contributed by atoms with van der Waals surface area (Å²) in [5.74, 6) is 0.338. The zero-order valence-electron chi connectivity index (χ0n) is 13.5. The fraction of sp³-hybridized carbons (Fsp3) is 0.467. The van der Waals surface area contributed by atoms with Crippen LogP contribution < -0.4 is 24.8 Å². The van der Waals surface area contributed by atoms with Crippen LogP contribution in [0.3, 0.4) is 0 Å². The minimum absolute atomic E-state index is 0.252. The monoisotopic (exact) mass is 310 g/mol. The van der Waals surface area contributed by atoms with E-state index in [4.69, 9.17) is 14.2 Å². The number of ether oxygens (including phenoxy) is 3. The van der Waals surface area contributed by atoms with Gasteiger partial charge < -0.3 is 24.8 Å². The lowest BCUT2D eigenvalue weighted by atomic mass is 10.1. The van der Waals surface area contributed by atoms with Crippen molar-refractivity contribution in [2.24, 2.45) is 0 Å². The van der Waals surface area contributed by atoms with E-state index in [9.17, 15) is 9.59 Å². The van der Waals surface area contributed by atoms with Gasteiger partial charge in [0.2, 0.25) is 11.7 Å². The topological polar surface area (TPSA) is 85.9 Å². The molecule has 1 rings (SSSR count). The third-order valence-corrected chi connectivity index (χ3v) is 3.04. The minimum Gasteiger partial charge on any atom is -0.493 e. The lowest BCUT2D eigenvalue weighted by Gasteiger charge is -2.17. The minimum atomic E-state index is -0.662. The molecule has 122 valence electrons. The van der Waals surface area contributed by atoms with E-state index in [2.05, 4.69) is 10.6 Å². The zero-order chi connectivity index (χ0) is 16.7. The lowest BCUT2D eigenvalue weighted by Crippen LogP contribution is -2.44. The van der Waals surface area contributed by atoms with Gasteiger partial charge in [-0.3, -0.25) is 9.59 Å². The molecule has 7 heteroatoms. The lowest BCUT2D eigenvalue weighted by molar-refractivity contribution is -0.122. The average Bonchev–Trinajstić information content (AvgIpc) is 2.52. The van der Waals surface area contributed by atoms with Gasteiger partial charge in [-0.25, -0.2) is 0 Å². The highest BCUT2D eigenvalue weighted by molar-refractivity contribution is 6.00. The molecular weight excluding hydrogens is 288 g/mol. The van der Waals surface area contributed by atoms with E-state index < -0.39 is 11.9 Å². The predicted octanol–water partition coefficient (Wildman–Crippen LogP) is 0.967. The van der Waals surface area contributed by atoms with Crippen molar-refractivity contribution in [3.05, 3.63) is 17.7 Å². The van der Waals surface area contributed by atoms with E-state index in [0.717, 1.165) is 0 Å². The van der Waals surface area contributed by atoms with Gasteiger partial charge in [0.1, 0.15) is 6.04 Å². The number of likely N-dealkylation sites (N-methyl/N-ethyl adjacent to an activating group) is 1. The summed E-state index contributed by atoms with van der Waals surface area (Å²) in [5.41, 5.74) is 0.260. The standard InChI is InChI=1S/C15H22N2O5/c1-6-16-14(18)9(2)17-15(19)10-7-8-11(20-3)13(22-5)12(10)21-4/h7-9H,6H2,1-5H3,(H,16,18)(H,17,19)/t9-/m0/s1. The van der Waals surface area contributed by atoms with Crippen LogP contribution in [0.2, 0.25) is 0 Å². The maximum absolute atomic E-state index is 12.3. The van der Waals surface area contributed by atoms with Crippen LogP contribution in [-0.4, -0.2) is 45.7 Å². The molecule has 2 amide bonds. The molecule has 7 nitrogen and oxygen atoms in total. The molecule has 0 aliphatic heterocycles. The molecule has 0 saturated carbocycles. The highest BCUT2D eigenvalue weighted by atomic mass is 16.5. The van der Waals surface area contributed by atoms with Crippen molar-refractivity contribution >= 4 is 11.8 Å². The second-order valence-electron chi connectivity index (χ2n) is 4.47. The van der Waals surface area contributed by atoms with Gasteiger partial charge in [0.25, 0.3) is 5.91 Å². The normalized spacial score (nSPS) is 11.3. The number of rotatable bonds is 7. The molecular formula is C15H22N2O5. The maximum Gasteiger partial charge on any atom is 0.255 e. The summed E-state index contributed by atoms with van der Waals surface area (Å²) in [6, 6.07) is 2.50.